The van der Waals surface area contributed by atoms with Crippen LogP contribution in [0, 0.1) is 0 Å². The highest BCUT2D eigenvalue weighted by Crippen LogP contribution is 2.41. The summed E-state index contributed by atoms with van der Waals surface area (Å²) in [4.78, 5) is 0. The molecule has 2 N–H and O–H groups in total. The molecule has 0 saturated carbocycles. The molecule has 0 fully saturated rings. The highest BCUT2D eigenvalue weighted by Gasteiger charge is 2.35. The van der Waals surface area contributed by atoms with Crippen LogP contribution in [0.2, 0.25) is 5.15 Å². The molecule has 0 spiro atoms. The summed E-state index contributed by atoms with van der Waals surface area (Å²) < 4.78 is 42.9. The Morgan fingerprint density at radius 1 is 1.24 bits per heavy atom. The van der Waals surface area contributed by atoms with Crippen molar-refractivity contribution >= 4 is 17.5 Å². The number of halogens is 4. The molecule has 2 rings (SSSR count). The number of rotatable bonds is 1. The Morgan fingerprint density at radius 2 is 1.88 bits per heavy atom. The molecule has 0 bridgehead atoms. The van der Waals surface area contributed by atoms with Crippen LogP contribution in [0.4, 0.5) is 19.1 Å². The van der Waals surface area contributed by atoms with Crippen LogP contribution < -0.4 is 5.73 Å². The first-order valence-corrected chi connectivity index (χ1v) is 4.86. The van der Waals surface area contributed by atoms with Crippen LogP contribution in [0.25, 0.3) is 11.1 Å². The molecule has 1 heterocycles. The Hall–Kier alpha value is -1.69. The SMILES string of the molecule is Nc1onc(Cl)c1-c1ccccc1C(F)(F)F. The van der Waals surface area contributed by atoms with Gasteiger partial charge in [-0.3, -0.25) is 0 Å². The molecule has 0 aliphatic heterocycles. The maximum Gasteiger partial charge on any atom is 0.417 e. The first kappa shape index (κ1) is 11.8. The monoisotopic (exact) mass is 262 g/mol. The van der Waals surface area contributed by atoms with Crippen molar-refractivity contribution in [3.63, 3.8) is 0 Å². The maximum atomic E-state index is 12.8. The fraction of sp³-hybridized carbons (Fsp3) is 0.100. The molecule has 0 amide bonds. The van der Waals surface area contributed by atoms with Crippen LogP contribution in [-0.4, -0.2) is 5.16 Å². The maximum absolute atomic E-state index is 12.8. The van der Waals surface area contributed by atoms with Gasteiger partial charge in [0.2, 0.25) is 5.88 Å². The Labute approximate surface area is 99.0 Å². The number of benzene rings is 1. The number of hydrogen-bond acceptors (Lipinski definition) is 3. The van der Waals surface area contributed by atoms with Gasteiger partial charge in [-0.05, 0) is 6.07 Å². The van der Waals surface area contributed by atoms with Crippen molar-refractivity contribution in [1.29, 1.82) is 0 Å². The van der Waals surface area contributed by atoms with E-state index < -0.39 is 11.7 Å². The van der Waals surface area contributed by atoms with Gasteiger partial charge in [-0.25, -0.2) is 0 Å². The number of alkyl halides is 3. The molecule has 7 heteroatoms. The molecule has 3 nitrogen and oxygen atoms in total. The van der Waals surface area contributed by atoms with Gasteiger partial charge in [0.25, 0.3) is 0 Å². The lowest BCUT2D eigenvalue weighted by Crippen LogP contribution is -2.07. The summed E-state index contributed by atoms with van der Waals surface area (Å²) in [6, 6.07) is 4.94. The average molecular weight is 263 g/mol. The van der Waals surface area contributed by atoms with Crippen molar-refractivity contribution in [2.75, 3.05) is 5.73 Å². The number of aromatic nitrogens is 1. The minimum Gasteiger partial charge on any atom is -0.367 e. The predicted molar refractivity (Wildman–Crippen MR) is 56.4 cm³/mol. The minimum atomic E-state index is -4.50. The number of hydrogen-bond donors (Lipinski definition) is 1. The summed E-state index contributed by atoms with van der Waals surface area (Å²) in [5.74, 6) is -0.244. The lowest BCUT2D eigenvalue weighted by molar-refractivity contribution is -0.137. The van der Waals surface area contributed by atoms with E-state index in [4.69, 9.17) is 17.3 Å². The van der Waals surface area contributed by atoms with Gasteiger partial charge in [0, 0.05) is 5.56 Å². The normalized spacial score (nSPS) is 11.8. The van der Waals surface area contributed by atoms with Crippen LogP contribution in [0.3, 0.4) is 0 Å². The second-order valence-corrected chi connectivity index (χ2v) is 3.61. The van der Waals surface area contributed by atoms with Gasteiger partial charge >= 0.3 is 6.18 Å². The van der Waals surface area contributed by atoms with E-state index in [1.807, 2.05) is 0 Å². The van der Waals surface area contributed by atoms with E-state index >= 15 is 0 Å². The molecular formula is C10H6ClF3N2O. The largest absolute Gasteiger partial charge is 0.417 e. The van der Waals surface area contributed by atoms with Gasteiger partial charge in [-0.15, -0.1) is 0 Å². The topological polar surface area (TPSA) is 52.0 Å². The zero-order chi connectivity index (χ0) is 12.6. The molecule has 90 valence electrons. The molecule has 0 aliphatic rings. The van der Waals surface area contributed by atoms with E-state index in [-0.39, 0.29) is 22.2 Å². The molecule has 2 aromatic rings. The number of nitrogens with two attached hydrogens (primary N) is 1. The summed E-state index contributed by atoms with van der Waals surface area (Å²) in [5.41, 5.74) is 4.38. The molecule has 0 aliphatic carbocycles. The van der Waals surface area contributed by atoms with Gasteiger partial charge in [0.15, 0.2) is 5.15 Å². The molecule has 0 unspecified atom stereocenters. The van der Waals surface area contributed by atoms with Gasteiger partial charge < -0.3 is 10.3 Å². The number of anilines is 1. The van der Waals surface area contributed by atoms with Gasteiger partial charge in [-0.2, -0.15) is 13.2 Å². The van der Waals surface area contributed by atoms with Crippen LogP contribution in [0.15, 0.2) is 28.8 Å². The fourth-order valence-corrected chi connectivity index (χ4v) is 1.70. The zero-order valence-corrected chi connectivity index (χ0v) is 9.01. The third-order valence-electron chi connectivity index (χ3n) is 2.18. The van der Waals surface area contributed by atoms with E-state index in [0.29, 0.717) is 0 Å². The van der Waals surface area contributed by atoms with Crippen LogP contribution >= 0.6 is 11.6 Å². The van der Waals surface area contributed by atoms with Gasteiger partial charge in [-0.1, -0.05) is 35.0 Å². The zero-order valence-electron chi connectivity index (χ0n) is 8.25. The highest BCUT2D eigenvalue weighted by atomic mass is 35.5. The molecule has 17 heavy (non-hydrogen) atoms. The summed E-state index contributed by atoms with van der Waals surface area (Å²) >= 11 is 5.65. The van der Waals surface area contributed by atoms with Crippen LogP contribution in [0.1, 0.15) is 5.56 Å². The fourth-order valence-electron chi connectivity index (χ4n) is 1.47. The Balaban J connectivity index is 2.69. The van der Waals surface area contributed by atoms with Crippen molar-refractivity contribution < 1.29 is 17.7 Å². The van der Waals surface area contributed by atoms with Gasteiger partial charge in [0.1, 0.15) is 0 Å². The number of nitrogen functional groups attached to an aromatic ring is 1. The molecule has 1 aromatic heterocycles. The van der Waals surface area contributed by atoms with Gasteiger partial charge in [0.05, 0.1) is 11.1 Å². The first-order chi connectivity index (χ1) is 7.91. The molecular weight excluding hydrogens is 257 g/mol. The van der Waals surface area contributed by atoms with Crippen LogP contribution in [-0.2, 0) is 6.18 Å². The second kappa shape index (κ2) is 3.96. The second-order valence-electron chi connectivity index (χ2n) is 3.26. The molecule has 0 saturated heterocycles. The lowest BCUT2D eigenvalue weighted by atomic mass is 10.0. The van der Waals surface area contributed by atoms with Crippen molar-refractivity contribution in [3.05, 3.63) is 35.0 Å². The van der Waals surface area contributed by atoms with Crippen molar-refractivity contribution in [1.82, 2.24) is 5.16 Å². The standard InChI is InChI=1S/C10H6ClF3N2O/c11-8-7(9(15)17-16-8)5-3-1-2-4-6(5)10(12,13)14/h1-4H,15H2. The summed E-state index contributed by atoms with van der Waals surface area (Å²) in [6.07, 6.45) is -4.50. The van der Waals surface area contributed by atoms with Crippen molar-refractivity contribution in [3.8, 4) is 11.1 Å². The van der Waals surface area contributed by atoms with Crippen molar-refractivity contribution in [2.45, 2.75) is 6.18 Å². The third-order valence-corrected chi connectivity index (χ3v) is 2.44. The van der Waals surface area contributed by atoms with E-state index in [1.54, 1.807) is 0 Å². The van der Waals surface area contributed by atoms with E-state index in [9.17, 15) is 13.2 Å². The smallest absolute Gasteiger partial charge is 0.367 e. The Bertz CT molecular complexity index is 531. The predicted octanol–water partition coefficient (Wildman–Crippen LogP) is 3.60. The summed E-state index contributed by atoms with van der Waals surface area (Å²) in [7, 11) is 0. The molecule has 0 radical (unpaired) electrons. The first-order valence-electron chi connectivity index (χ1n) is 4.48. The Kier molecular flexibility index (Phi) is 2.74. The summed E-state index contributed by atoms with van der Waals surface area (Å²) in [6.45, 7) is 0. The van der Waals surface area contributed by atoms with Crippen molar-refractivity contribution in [2.24, 2.45) is 0 Å². The average Bonchev–Trinajstić information content (AvgIpc) is 2.57. The molecule has 1 aromatic carbocycles. The quantitative estimate of drug-likeness (QED) is 0.854. The highest BCUT2D eigenvalue weighted by molar-refractivity contribution is 6.32. The summed E-state index contributed by atoms with van der Waals surface area (Å²) in [5, 5.41) is 3.12. The van der Waals surface area contributed by atoms with E-state index in [2.05, 4.69) is 9.68 Å². The number of nitrogens with zero attached hydrogens (tertiary/aromatic N) is 1. The van der Waals surface area contributed by atoms with E-state index in [1.165, 1.54) is 18.2 Å². The van der Waals surface area contributed by atoms with E-state index in [0.717, 1.165) is 6.07 Å². The minimum absolute atomic E-state index is 0.0420. The Morgan fingerprint density at radius 3 is 2.41 bits per heavy atom. The molecule has 0 atom stereocenters. The lowest BCUT2D eigenvalue weighted by Gasteiger charge is -2.11. The third kappa shape index (κ3) is 2.08. The van der Waals surface area contributed by atoms with Crippen LogP contribution in [0.5, 0.6) is 0 Å².